The highest BCUT2D eigenvalue weighted by atomic mass is 16.3. The van der Waals surface area contributed by atoms with Gasteiger partial charge in [0.2, 0.25) is 5.91 Å². The number of hydrogen-bond acceptors (Lipinski definition) is 4. The summed E-state index contributed by atoms with van der Waals surface area (Å²) in [5.41, 5.74) is 0. The van der Waals surface area contributed by atoms with E-state index in [-0.39, 0.29) is 6.61 Å². The topological polar surface area (TPSA) is 89.8 Å². The number of nitrogens with one attached hydrogen (secondary N) is 1. The third kappa shape index (κ3) is 41.5. The van der Waals surface area contributed by atoms with Crippen LogP contribution >= 0.6 is 0 Å². The quantitative estimate of drug-likeness (QED) is 0.0462. The number of rotatable bonds is 48. The Kier molecular flexibility index (Phi) is 46.5. The van der Waals surface area contributed by atoms with E-state index < -0.39 is 24.2 Å². The minimum atomic E-state index is -1.07. The Labute approximate surface area is 351 Å². The summed E-state index contributed by atoms with van der Waals surface area (Å²) in [4.78, 5) is 12.5. The van der Waals surface area contributed by atoms with Crippen molar-refractivity contribution in [1.29, 1.82) is 0 Å². The van der Waals surface area contributed by atoms with E-state index in [2.05, 4.69) is 19.2 Å². The van der Waals surface area contributed by atoms with E-state index in [4.69, 9.17) is 0 Å². The van der Waals surface area contributed by atoms with Crippen molar-refractivity contribution in [3.63, 3.8) is 0 Å². The van der Waals surface area contributed by atoms with Gasteiger partial charge >= 0.3 is 0 Å². The largest absolute Gasteiger partial charge is 0.394 e. The number of unbranched alkanes of at least 4 members (excludes halogenated alkanes) is 40. The number of aliphatic hydroxyl groups excluding tert-OH is 3. The highest BCUT2D eigenvalue weighted by molar-refractivity contribution is 5.80. The van der Waals surface area contributed by atoms with Crippen molar-refractivity contribution in [2.24, 2.45) is 0 Å². The van der Waals surface area contributed by atoms with Crippen LogP contribution in [-0.2, 0) is 4.79 Å². The molecule has 0 aromatic carbocycles. The second-order valence-electron chi connectivity index (χ2n) is 18.1. The van der Waals surface area contributed by atoms with Crippen LogP contribution in [0.1, 0.15) is 296 Å². The molecule has 1 amide bonds. The van der Waals surface area contributed by atoms with Crippen molar-refractivity contribution >= 4 is 5.91 Å². The monoisotopic (exact) mass is 794 g/mol. The minimum absolute atomic E-state index is 0.308. The molecule has 0 radical (unpaired) electrons. The molecule has 0 aliphatic heterocycles. The lowest BCUT2D eigenvalue weighted by atomic mass is 10.0. The lowest BCUT2D eigenvalue weighted by Gasteiger charge is -2.23. The molecule has 56 heavy (non-hydrogen) atoms. The van der Waals surface area contributed by atoms with Gasteiger partial charge in [0.25, 0.3) is 0 Å². The standard InChI is InChI=1S/C51H103NO4/c1-3-5-7-9-11-13-15-16-17-18-19-20-21-22-23-24-25-26-27-28-29-30-31-32-33-34-36-38-40-42-44-46-50(55)51(56)52-48(47-53)49(54)45-43-41-39-37-35-14-12-10-8-6-4-2/h48-50,53-55H,3-47H2,1-2H3,(H,52,56). The van der Waals surface area contributed by atoms with E-state index in [1.165, 1.54) is 238 Å². The molecule has 0 saturated heterocycles. The highest BCUT2D eigenvalue weighted by Crippen LogP contribution is 2.18. The van der Waals surface area contributed by atoms with Crippen LogP contribution in [0.4, 0.5) is 0 Å². The predicted octanol–water partition coefficient (Wildman–Crippen LogP) is 15.4. The smallest absolute Gasteiger partial charge is 0.249 e. The van der Waals surface area contributed by atoms with Gasteiger partial charge in [-0.05, 0) is 12.8 Å². The van der Waals surface area contributed by atoms with Gasteiger partial charge in [-0.3, -0.25) is 4.79 Å². The van der Waals surface area contributed by atoms with Crippen molar-refractivity contribution in [3.8, 4) is 0 Å². The Morgan fingerprint density at radius 1 is 0.357 bits per heavy atom. The summed E-state index contributed by atoms with van der Waals surface area (Å²) >= 11 is 0. The van der Waals surface area contributed by atoms with Crippen LogP contribution in [0.2, 0.25) is 0 Å². The molecule has 4 N–H and O–H groups in total. The molecule has 0 saturated carbocycles. The molecular weight excluding hydrogens is 691 g/mol. The second-order valence-corrected chi connectivity index (χ2v) is 18.1. The van der Waals surface area contributed by atoms with Gasteiger partial charge in [0.1, 0.15) is 6.10 Å². The minimum Gasteiger partial charge on any atom is -0.394 e. The van der Waals surface area contributed by atoms with Gasteiger partial charge in [-0.2, -0.15) is 0 Å². The lowest BCUT2D eigenvalue weighted by Crippen LogP contribution is -2.49. The number of hydrogen-bond donors (Lipinski definition) is 4. The molecule has 3 unspecified atom stereocenters. The second kappa shape index (κ2) is 47.0. The van der Waals surface area contributed by atoms with E-state index in [9.17, 15) is 20.1 Å². The molecule has 5 heteroatoms. The molecule has 0 bridgehead atoms. The molecule has 0 fully saturated rings. The molecule has 336 valence electrons. The van der Waals surface area contributed by atoms with Crippen molar-refractivity contribution in [1.82, 2.24) is 5.32 Å². The number of amides is 1. The van der Waals surface area contributed by atoms with Crippen LogP contribution in [0.3, 0.4) is 0 Å². The SMILES string of the molecule is CCCCCCCCCCCCCCCCCCCCCCCCCCCCCCCCCC(O)C(=O)NC(CO)C(O)CCCCCCCCCCCCC. The molecule has 0 spiro atoms. The fraction of sp³-hybridized carbons (Fsp3) is 0.980. The van der Waals surface area contributed by atoms with Crippen LogP contribution in [0.5, 0.6) is 0 Å². The van der Waals surface area contributed by atoms with E-state index in [0.717, 1.165) is 32.1 Å². The summed E-state index contributed by atoms with van der Waals surface area (Å²) in [7, 11) is 0. The van der Waals surface area contributed by atoms with Gasteiger partial charge in [0.05, 0.1) is 18.8 Å². The van der Waals surface area contributed by atoms with Gasteiger partial charge in [-0.25, -0.2) is 0 Å². The fourth-order valence-electron chi connectivity index (χ4n) is 8.43. The molecule has 3 atom stereocenters. The Morgan fingerprint density at radius 2 is 0.571 bits per heavy atom. The van der Waals surface area contributed by atoms with Crippen LogP contribution in [0.25, 0.3) is 0 Å². The first-order valence-corrected chi connectivity index (χ1v) is 25.8. The van der Waals surface area contributed by atoms with Crippen LogP contribution in [0, 0.1) is 0 Å². The Balaban J connectivity index is 3.42. The zero-order valence-electron chi connectivity index (χ0n) is 38.3. The molecule has 0 aliphatic carbocycles. The van der Waals surface area contributed by atoms with E-state index >= 15 is 0 Å². The van der Waals surface area contributed by atoms with E-state index in [0.29, 0.717) is 12.8 Å². The molecular formula is C51H103NO4. The highest BCUT2D eigenvalue weighted by Gasteiger charge is 2.23. The molecule has 0 rings (SSSR count). The van der Waals surface area contributed by atoms with Gasteiger partial charge in [0.15, 0.2) is 0 Å². The van der Waals surface area contributed by atoms with Crippen molar-refractivity contribution < 1.29 is 20.1 Å². The third-order valence-electron chi connectivity index (χ3n) is 12.5. The van der Waals surface area contributed by atoms with Crippen LogP contribution in [-0.4, -0.2) is 46.1 Å². The summed E-state index contributed by atoms with van der Waals surface area (Å²) in [6, 6.07) is -0.705. The maximum absolute atomic E-state index is 12.5. The van der Waals surface area contributed by atoms with Gasteiger partial charge in [0, 0.05) is 0 Å². The first kappa shape index (κ1) is 55.4. The molecule has 5 nitrogen and oxygen atoms in total. The predicted molar refractivity (Wildman–Crippen MR) is 246 cm³/mol. The third-order valence-corrected chi connectivity index (χ3v) is 12.5. The molecule has 0 aromatic heterocycles. The average Bonchev–Trinajstić information content (AvgIpc) is 3.20. The summed E-state index contributed by atoms with van der Waals surface area (Å²) in [6.45, 7) is 4.25. The van der Waals surface area contributed by atoms with Crippen LogP contribution in [0.15, 0.2) is 0 Å². The number of carbonyl (C=O) groups excluding carboxylic acids is 1. The first-order chi connectivity index (χ1) is 27.6. The molecule has 0 aromatic rings. The zero-order chi connectivity index (χ0) is 40.8. The summed E-state index contributed by atoms with van der Waals surface area (Å²) in [5.74, 6) is -0.465. The van der Waals surface area contributed by atoms with Crippen molar-refractivity contribution in [2.75, 3.05) is 6.61 Å². The van der Waals surface area contributed by atoms with Crippen molar-refractivity contribution in [2.45, 2.75) is 315 Å². The normalized spacial score (nSPS) is 13.3. The number of aliphatic hydroxyl groups is 3. The summed E-state index contributed by atoms with van der Waals surface area (Å²) in [6.07, 6.45) is 55.8. The molecule has 0 heterocycles. The van der Waals surface area contributed by atoms with Crippen LogP contribution < -0.4 is 5.32 Å². The first-order valence-electron chi connectivity index (χ1n) is 25.8. The Bertz CT molecular complexity index is 747. The summed E-state index contributed by atoms with van der Waals surface area (Å²) < 4.78 is 0. The zero-order valence-corrected chi connectivity index (χ0v) is 38.3. The van der Waals surface area contributed by atoms with E-state index in [1.807, 2.05) is 0 Å². The van der Waals surface area contributed by atoms with Gasteiger partial charge < -0.3 is 20.6 Å². The maximum Gasteiger partial charge on any atom is 0.249 e. The molecule has 0 aliphatic rings. The van der Waals surface area contributed by atoms with Crippen molar-refractivity contribution in [3.05, 3.63) is 0 Å². The Morgan fingerprint density at radius 3 is 0.804 bits per heavy atom. The number of carbonyl (C=O) groups is 1. The van der Waals surface area contributed by atoms with Gasteiger partial charge in [-0.15, -0.1) is 0 Å². The summed E-state index contributed by atoms with van der Waals surface area (Å²) in [5, 5.41) is 33.3. The fourth-order valence-corrected chi connectivity index (χ4v) is 8.43. The van der Waals surface area contributed by atoms with Gasteiger partial charge in [-0.1, -0.05) is 284 Å². The Hall–Kier alpha value is -0.650. The van der Waals surface area contributed by atoms with E-state index in [1.54, 1.807) is 0 Å². The average molecular weight is 794 g/mol. The maximum atomic E-state index is 12.5. The lowest BCUT2D eigenvalue weighted by molar-refractivity contribution is -0.131.